The standard InChI is InChI=1S/C17H22O/c1-12-7-8-15-14(13-5-3-2-4-6-13)9-10-17(18)16(15)11-12/h7-8,11,13-14H,2-6,9-10H2,1H3. The Balaban J connectivity index is 1.94. The zero-order valence-electron chi connectivity index (χ0n) is 11.2. The van der Waals surface area contributed by atoms with Gasteiger partial charge in [-0.2, -0.15) is 0 Å². The van der Waals surface area contributed by atoms with Crippen LogP contribution in [-0.2, 0) is 0 Å². The number of Topliss-reactive ketones (excluding diaryl/α,β-unsaturated/α-hetero) is 1. The van der Waals surface area contributed by atoms with Gasteiger partial charge < -0.3 is 0 Å². The quantitative estimate of drug-likeness (QED) is 0.701. The number of carbonyl (C=O) groups is 1. The molecule has 0 aliphatic heterocycles. The minimum Gasteiger partial charge on any atom is -0.294 e. The van der Waals surface area contributed by atoms with E-state index in [9.17, 15) is 4.79 Å². The second-order valence-electron chi connectivity index (χ2n) is 6.06. The first kappa shape index (κ1) is 12.0. The molecule has 0 bridgehead atoms. The van der Waals surface area contributed by atoms with E-state index in [0.717, 1.165) is 24.3 Å². The summed E-state index contributed by atoms with van der Waals surface area (Å²) in [5, 5.41) is 0. The number of hydrogen-bond acceptors (Lipinski definition) is 1. The molecule has 0 radical (unpaired) electrons. The smallest absolute Gasteiger partial charge is 0.163 e. The molecule has 1 saturated carbocycles. The first-order valence-electron chi connectivity index (χ1n) is 7.39. The Labute approximate surface area is 110 Å². The summed E-state index contributed by atoms with van der Waals surface area (Å²) in [7, 11) is 0. The second kappa shape index (κ2) is 4.87. The van der Waals surface area contributed by atoms with Crippen LogP contribution in [0.2, 0.25) is 0 Å². The van der Waals surface area contributed by atoms with Crippen LogP contribution in [0.1, 0.15) is 72.3 Å². The molecule has 1 aromatic carbocycles. The summed E-state index contributed by atoms with van der Waals surface area (Å²) in [4.78, 5) is 12.1. The lowest BCUT2D eigenvalue weighted by Gasteiger charge is -2.34. The van der Waals surface area contributed by atoms with Crippen LogP contribution in [0.3, 0.4) is 0 Å². The number of fused-ring (bicyclic) bond motifs is 1. The molecule has 1 fully saturated rings. The van der Waals surface area contributed by atoms with Gasteiger partial charge >= 0.3 is 0 Å². The van der Waals surface area contributed by atoms with Crippen LogP contribution in [0.4, 0.5) is 0 Å². The summed E-state index contributed by atoms with van der Waals surface area (Å²) in [5.41, 5.74) is 3.59. The first-order chi connectivity index (χ1) is 8.75. The Bertz CT molecular complexity index is 455. The summed E-state index contributed by atoms with van der Waals surface area (Å²) in [6.45, 7) is 2.08. The molecule has 2 aliphatic carbocycles. The molecule has 1 atom stereocenters. The molecule has 2 aliphatic rings. The molecular weight excluding hydrogens is 220 g/mol. The molecule has 0 aromatic heterocycles. The largest absolute Gasteiger partial charge is 0.294 e. The van der Waals surface area contributed by atoms with Crippen LogP contribution in [0.25, 0.3) is 0 Å². The highest BCUT2D eigenvalue weighted by Crippen LogP contribution is 2.43. The van der Waals surface area contributed by atoms with E-state index >= 15 is 0 Å². The lowest BCUT2D eigenvalue weighted by molar-refractivity contribution is 0.0957. The molecule has 0 heterocycles. The van der Waals surface area contributed by atoms with Gasteiger partial charge in [0.1, 0.15) is 0 Å². The Morgan fingerprint density at radius 1 is 1.06 bits per heavy atom. The van der Waals surface area contributed by atoms with Gasteiger partial charge in [0, 0.05) is 12.0 Å². The van der Waals surface area contributed by atoms with E-state index in [1.807, 2.05) is 0 Å². The Kier molecular flexibility index (Phi) is 3.23. The van der Waals surface area contributed by atoms with E-state index in [4.69, 9.17) is 0 Å². The third kappa shape index (κ3) is 2.11. The van der Waals surface area contributed by atoms with E-state index in [0.29, 0.717) is 11.7 Å². The number of ketones is 1. The SMILES string of the molecule is Cc1ccc2c(c1)C(=O)CCC2C1CCCCC1. The van der Waals surface area contributed by atoms with E-state index in [1.165, 1.54) is 43.2 Å². The molecule has 0 N–H and O–H groups in total. The van der Waals surface area contributed by atoms with Crippen molar-refractivity contribution in [3.63, 3.8) is 0 Å². The number of carbonyl (C=O) groups excluding carboxylic acids is 1. The minimum absolute atomic E-state index is 0.362. The summed E-state index contributed by atoms with van der Waals surface area (Å²) < 4.78 is 0. The van der Waals surface area contributed by atoms with Gasteiger partial charge in [0.05, 0.1) is 0 Å². The van der Waals surface area contributed by atoms with Crippen LogP contribution in [-0.4, -0.2) is 5.78 Å². The number of aryl methyl sites for hydroxylation is 1. The van der Waals surface area contributed by atoms with Crippen molar-refractivity contribution in [2.45, 2.75) is 57.8 Å². The lowest BCUT2D eigenvalue weighted by atomic mass is 9.70. The summed E-state index contributed by atoms with van der Waals surface area (Å²) >= 11 is 0. The monoisotopic (exact) mass is 242 g/mol. The second-order valence-corrected chi connectivity index (χ2v) is 6.06. The minimum atomic E-state index is 0.362. The third-order valence-corrected chi connectivity index (χ3v) is 4.81. The van der Waals surface area contributed by atoms with Gasteiger partial charge in [-0.1, -0.05) is 37.0 Å². The highest BCUT2D eigenvalue weighted by molar-refractivity contribution is 5.99. The van der Waals surface area contributed by atoms with Crippen molar-refractivity contribution in [3.05, 3.63) is 34.9 Å². The zero-order valence-corrected chi connectivity index (χ0v) is 11.2. The van der Waals surface area contributed by atoms with Crippen LogP contribution in [0.5, 0.6) is 0 Å². The van der Waals surface area contributed by atoms with E-state index < -0.39 is 0 Å². The van der Waals surface area contributed by atoms with Gasteiger partial charge in [-0.3, -0.25) is 4.79 Å². The van der Waals surface area contributed by atoms with Gasteiger partial charge in [0.25, 0.3) is 0 Å². The van der Waals surface area contributed by atoms with Crippen LogP contribution in [0, 0.1) is 12.8 Å². The Morgan fingerprint density at radius 2 is 1.83 bits per heavy atom. The molecule has 0 saturated heterocycles. The molecule has 0 amide bonds. The molecule has 0 spiro atoms. The zero-order chi connectivity index (χ0) is 12.5. The molecule has 1 unspecified atom stereocenters. The average Bonchev–Trinajstić information content (AvgIpc) is 2.41. The Morgan fingerprint density at radius 3 is 2.61 bits per heavy atom. The predicted octanol–water partition coefficient (Wildman–Crippen LogP) is 4.64. The molecule has 1 heteroatoms. The van der Waals surface area contributed by atoms with Crippen molar-refractivity contribution < 1.29 is 4.79 Å². The Hall–Kier alpha value is -1.11. The average molecular weight is 242 g/mol. The normalized spacial score (nSPS) is 24.9. The van der Waals surface area contributed by atoms with Crippen LogP contribution in [0.15, 0.2) is 18.2 Å². The van der Waals surface area contributed by atoms with Gasteiger partial charge in [-0.25, -0.2) is 0 Å². The first-order valence-corrected chi connectivity index (χ1v) is 7.39. The molecular formula is C17H22O. The fraction of sp³-hybridized carbons (Fsp3) is 0.588. The molecule has 96 valence electrons. The van der Waals surface area contributed by atoms with Crippen molar-refractivity contribution >= 4 is 5.78 Å². The van der Waals surface area contributed by atoms with Crippen molar-refractivity contribution in [2.24, 2.45) is 5.92 Å². The van der Waals surface area contributed by atoms with Crippen molar-refractivity contribution in [3.8, 4) is 0 Å². The van der Waals surface area contributed by atoms with Gasteiger partial charge in [0.15, 0.2) is 5.78 Å². The van der Waals surface area contributed by atoms with E-state index in [-0.39, 0.29) is 0 Å². The van der Waals surface area contributed by atoms with Crippen molar-refractivity contribution in [2.75, 3.05) is 0 Å². The topological polar surface area (TPSA) is 17.1 Å². The summed E-state index contributed by atoms with van der Waals surface area (Å²) in [5.74, 6) is 1.84. The third-order valence-electron chi connectivity index (χ3n) is 4.81. The number of hydrogen-bond donors (Lipinski definition) is 0. The fourth-order valence-electron chi connectivity index (χ4n) is 3.84. The van der Waals surface area contributed by atoms with Crippen molar-refractivity contribution in [1.82, 2.24) is 0 Å². The van der Waals surface area contributed by atoms with E-state index in [1.54, 1.807) is 0 Å². The van der Waals surface area contributed by atoms with Gasteiger partial charge in [-0.15, -0.1) is 0 Å². The molecule has 3 rings (SSSR count). The molecule has 18 heavy (non-hydrogen) atoms. The number of benzene rings is 1. The van der Waals surface area contributed by atoms with E-state index in [2.05, 4.69) is 25.1 Å². The van der Waals surface area contributed by atoms with Gasteiger partial charge in [-0.05, 0) is 49.7 Å². The maximum absolute atomic E-state index is 12.1. The number of rotatable bonds is 1. The maximum atomic E-state index is 12.1. The predicted molar refractivity (Wildman–Crippen MR) is 74.1 cm³/mol. The fourth-order valence-corrected chi connectivity index (χ4v) is 3.84. The molecule has 1 aromatic rings. The lowest BCUT2D eigenvalue weighted by Crippen LogP contribution is -2.23. The summed E-state index contributed by atoms with van der Waals surface area (Å²) in [6.07, 6.45) is 8.76. The molecule has 1 nitrogen and oxygen atoms in total. The highest BCUT2D eigenvalue weighted by atomic mass is 16.1. The van der Waals surface area contributed by atoms with Crippen molar-refractivity contribution in [1.29, 1.82) is 0 Å². The maximum Gasteiger partial charge on any atom is 0.163 e. The van der Waals surface area contributed by atoms with Gasteiger partial charge in [0.2, 0.25) is 0 Å². The summed E-state index contributed by atoms with van der Waals surface area (Å²) in [6, 6.07) is 6.50. The van der Waals surface area contributed by atoms with Crippen LogP contribution >= 0.6 is 0 Å². The van der Waals surface area contributed by atoms with Crippen LogP contribution < -0.4 is 0 Å². The highest BCUT2D eigenvalue weighted by Gasteiger charge is 2.31.